The molecule has 3 aromatic carbocycles. The van der Waals surface area contributed by atoms with Crippen LogP contribution in [0.25, 0.3) is 0 Å². The summed E-state index contributed by atoms with van der Waals surface area (Å²) in [5.41, 5.74) is 1.80. The second kappa shape index (κ2) is 10.5. The Kier molecular flexibility index (Phi) is 7.73. The van der Waals surface area contributed by atoms with Gasteiger partial charge in [0.05, 0.1) is 29.2 Å². The highest BCUT2D eigenvalue weighted by Crippen LogP contribution is 2.22. The zero-order chi connectivity index (χ0) is 24.0. The normalized spacial score (nSPS) is 12.0. The van der Waals surface area contributed by atoms with E-state index >= 15 is 0 Å². The molecule has 0 bridgehead atoms. The molecule has 9 heteroatoms. The van der Waals surface area contributed by atoms with E-state index in [1.54, 1.807) is 36.4 Å². The molecule has 0 unspecified atom stereocenters. The van der Waals surface area contributed by atoms with Crippen molar-refractivity contribution in [1.82, 2.24) is 5.32 Å². The summed E-state index contributed by atoms with van der Waals surface area (Å²) >= 11 is 5.88. The van der Waals surface area contributed by atoms with Gasteiger partial charge in [0.15, 0.2) is 0 Å². The first kappa shape index (κ1) is 24.3. The average molecular weight is 486 g/mol. The number of anilines is 2. The van der Waals surface area contributed by atoms with Crippen LogP contribution in [0.3, 0.4) is 0 Å². The number of benzene rings is 3. The maximum atomic E-state index is 12.9. The van der Waals surface area contributed by atoms with Gasteiger partial charge in [-0.25, -0.2) is 8.42 Å². The van der Waals surface area contributed by atoms with Gasteiger partial charge in [-0.3, -0.25) is 13.9 Å². The van der Waals surface area contributed by atoms with Gasteiger partial charge in [0.1, 0.15) is 6.54 Å². The summed E-state index contributed by atoms with van der Waals surface area (Å²) < 4.78 is 25.5. The fourth-order valence-electron chi connectivity index (χ4n) is 3.22. The smallest absolute Gasteiger partial charge is 0.253 e. The van der Waals surface area contributed by atoms with Crippen molar-refractivity contribution in [2.24, 2.45) is 0 Å². The predicted molar refractivity (Wildman–Crippen MR) is 131 cm³/mol. The molecule has 0 fully saturated rings. The highest BCUT2D eigenvalue weighted by atomic mass is 35.5. The summed E-state index contributed by atoms with van der Waals surface area (Å²) in [7, 11) is -3.74. The van der Waals surface area contributed by atoms with Gasteiger partial charge in [0.25, 0.3) is 5.91 Å². The molecule has 7 nitrogen and oxygen atoms in total. The van der Waals surface area contributed by atoms with E-state index in [9.17, 15) is 18.0 Å². The van der Waals surface area contributed by atoms with Gasteiger partial charge in [-0.2, -0.15) is 0 Å². The Bertz CT molecular complexity index is 1230. The molecule has 0 saturated carbocycles. The molecule has 3 rings (SSSR count). The lowest BCUT2D eigenvalue weighted by Gasteiger charge is -2.22. The lowest BCUT2D eigenvalue weighted by molar-refractivity contribution is -0.114. The number of sulfonamides is 1. The molecule has 0 heterocycles. The summed E-state index contributed by atoms with van der Waals surface area (Å²) in [5.74, 6) is -0.952. The summed E-state index contributed by atoms with van der Waals surface area (Å²) in [5, 5.41) is 6.02. The molecule has 1 atom stereocenters. The largest absolute Gasteiger partial charge is 0.345 e. The number of para-hydroxylation sites is 1. The van der Waals surface area contributed by atoms with Crippen LogP contribution in [0, 0.1) is 0 Å². The van der Waals surface area contributed by atoms with Gasteiger partial charge >= 0.3 is 0 Å². The van der Waals surface area contributed by atoms with Crippen LogP contribution >= 0.6 is 11.6 Å². The quantitative estimate of drug-likeness (QED) is 0.499. The monoisotopic (exact) mass is 485 g/mol. The van der Waals surface area contributed by atoms with E-state index in [2.05, 4.69) is 10.6 Å². The molecule has 3 aromatic rings. The summed E-state index contributed by atoms with van der Waals surface area (Å²) in [6.45, 7) is 1.40. The molecule has 0 aliphatic carbocycles. The van der Waals surface area contributed by atoms with E-state index in [1.165, 1.54) is 12.1 Å². The molecule has 33 heavy (non-hydrogen) atoms. The van der Waals surface area contributed by atoms with Crippen molar-refractivity contribution in [3.05, 3.63) is 95.0 Å². The average Bonchev–Trinajstić information content (AvgIpc) is 2.78. The Morgan fingerprint density at radius 1 is 0.939 bits per heavy atom. The van der Waals surface area contributed by atoms with Crippen LogP contribution in [0.5, 0.6) is 0 Å². The topological polar surface area (TPSA) is 95.6 Å². The van der Waals surface area contributed by atoms with Crippen molar-refractivity contribution in [1.29, 1.82) is 0 Å². The first-order valence-electron chi connectivity index (χ1n) is 10.1. The van der Waals surface area contributed by atoms with E-state index in [1.807, 2.05) is 37.3 Å². The molecule has 0 aromatic heterocycles. The number of carbonyl (C=O) groups excluding carboxylic acids is 2. The fourth-order valence-corrected chi connectivity index (χ4v) is 4.20. The van der Waals surface area contributed by atoms with Crippen LogP contribution < -0.4 is 14.9 Å². The van der Waals surface area contributed by atoms with Crippen molar-refractivity contribution in [2.75, 3.05) is 22.4 Å². The number of hydrogen-bond acceptors (Lipinski definition) is 4. The number of nitrogens with one attached hydrogen (secondary N) is 2. The van der Waals surface area contributed by atoms with Gasteiger partial charge in [-0.05, 0) is 48.9 Å². The van der Waals surface area contributed by atoms with Crippen molar-refractivity contribution in [2.45, 2.75) is 13.0 Å². The zero-order valence-corrected chi connectivity index (χ0v) is 19.7. The SMILES string of the molecule is C[C@H](NC(=O)c1ccccc1NC(=O)CN(c1ccc(Cl)cc1)S(C)(=O)=O)c1ccccc1. The number of amides is 2. The second-order valence-electron chi connectivity index (χ2n) is 7.45. The minimum absolute atomic E-state index is 0.243. The van der Waals surface area contributed by atoms with Crippen LogP contribution in [0.2, 0.25) is 5.02 Å². The van der Waals surface area contributed by atoms with Gasteiger partial charge in [0.2, 0.25) is 15.9 Å². The lowest BCUT2D eigenvalue weighted by atomic mass is 10.1. The highest BCUT2D eigenvalue weighted by Gasteiger charge is 2.22. The van der Waals surface area contributed by atoms with Crippen molar-refractivity contribution in [3.63, 3.8) is 0 Å². The molecule has 0 radical (unpaired) electrons. The van der Waals surface area contributed by atoms with Crippen LogP contribution in [0.1, 0.15) is 28.9 Å². The van der Waals surface area contributed by atoms with Gasteiger partial charge in [-0.1, -0.05) is 54.1 Å². The Morgan fingerprint density at radius 2 is 1.55 bits per heavy atom. The van der Waals surface area contributed by atoms with Crippen LogP contribution in [-0.4, -0.2) is 33.0 Å². The number of hydrogen-bond donors (Lipinski definition) is 2. The van der Waals surface area contributed by atoms with Gasteiger partial charge in [-0.15, -0.1) is 0 Å². The van der Waals surface area contributed by atoms with Crippen LogP contribution in [-0.2, 0) is 14.8 Å². The summed E-state index contributed by atoms with van der Waals surface area (Å²) in [6, 6.07) is 21.9. The maximum Gasteiger partial charge on any atom is 0.253 e. The van der Waals surface area contributed by atoms with E-state index < -0.39 is 22.5 Å². The summed E-state index contributed by atoms with van der Waals surface area (Å²) in [4.78, 5) is 25.6. The molecule has 172 valence electrons. The Hall–Kier alpha value is -3.36. The predicted octanol–water partition coefficient (Wildman–Crippen LogP) is 4.24. The second-order valence-corrected chi connectivity index (χ2v) is 9.79. The van der Waals surface area contributed by atoms with E-state index in [0.29, 0.717) is 10.7 Å². The number of rotatable bonds is 8. The van der Waals surface area contributed by atoms with Crippen molar-refractivity contribution < 1.29 is 18.0 Å². The Balaban J connectivity index is 1.76. The molecule has 2 N–H and O–H groups in total. The van der Waals surface area contributed by atoms with Crippen LogP contribution in [0.4, 0.5) is 11.4 Å². The van der Waals surface area contributed by atoms with Gasteiger partial charge < -0.3 is 10.6 Å². The molecule has 0 saturated heterocycles. The highest BCUT2D eigenvalue weighted by molar-refractivity contribution is 7.92. The van der Waals surface area contributed by atoms with E-state index in [-0.39, 0.29) is 23.2 Å². The van der Waals surface area contributed by atoms with Crippen LogP contribution in [0.15, 0.2) is 78.9 Å². The van der Waals surface area contributed by atoms with Crippen molar-refractivity contribution >= 4 is 44.8 Å². The third-order valence-electron chi connectivity index (χ3n) is 4.90. The molecule has 0 aliphatic rings. The lowest BCUT2D eigenvalue weighted by Crippen LogP contribution is -2.37. The Morgan fingerprint density at radius 3 is 2.18 bits per heavy atom. The van der Waals surface area contributed by atoms with Crippen molar-refractivity contribution in [3.8, 4) is 0 Å². The molecular weight excluding hydrogens is 462 g/mol. The third kappa shape index (κ3) is 6.57. The minimum Gasteiger partial charge on any atom is -0.345 e. The summed E-state index contributed by atoms with van der Waals surface area (Å²) in [6.07, 6.45) is 1.02. The third-order valence-corrected chi connectivity index (χ3v) is 6.29. The molecule has 0 aliphatic heterocycles. The van der Waals surface area contributed by atoms with E-state index in [0.717, 1.165) is 16.1 Å². The Labute approximate surface area is 198 Å². The van der Waals surface area contributed by atoms with E-state index in [4.69, 9.17) is 11.6 Å². The zero-order valence-electron chi connectivity index (χ0n) is 18.2. The first-order chi connectivity index (χ1) is 15.6. The molecule has 2 amide bonds. The first-order valence-corrected chi connectivity index (χ1v) is 12.4. The number of carbonyl (C=O) groups is 2. The number of halogens is 1. The van der Waals surface area contributed by atoms with Gasteiger partial charge in [0, 0.05) is 5.02 Å². The fraction of sp³-hybridized carbons (Fsp3) is 0.167. The number of nitrogens with zero attached hydrogens (tertiary/aromatic N) is 1. The standard InChI is InChI=1S/C24H24ClN3O4S/c1-17(18-8-4-3-5-9-18)26-24(30)21-10-6-7-11-22(21)27-23(29)16-28(33(2,31)32)20-14-12-19(25)13-15-20/h3-15,17H,16H2,1-2H3,(H,26,30)(H,27,29)/t17-/m0/s1. The molecule has 0 spiro atoms. The minimum atomic E-state index is -3.74. The molecular formula is C24H24ClN3O4S. The maximum absolute atomic E-state index is 12.9.